The molecule has 0 saturated carbocycles. The van der Waals surface area contributed by atoms with Crippen molar-refractivity contribution in [2.45, 2.75) is 6.54 Å². The molecule has 1 rings (SSSR count). The van der Waals surface area contributed by atoms with Crippen LogP contribution in [0.3, 0.4) is 0 Å². The van der Waals surface area contributed by atoms with Gasteiger partial charge in [0.15, 0.2) is 5.96 Å². The molecule has 0 atom stereocenters. The van der Waals surface area contributed by atoms with Gasteiger partial charge in [-0.3, -0.25) is 4.99 Å². The molecule has 0 fully saturated rings. The molecule has 0 bridgehead atoms. The van der Waals surface area contributed by atoms with Crippen LogP contribution in [0, 0.1) is 0 Å². The second-order valence-corrected chi connectivity index (χ2v) is 6.81. The molecule has 1 aromatic carbocycles. The number of halogens is 2. The fraction of sp³-hybridized carbons (Fsp3) is 0.417. The van der Waals surface area contributed by atoms with Crippen molar-refractivity contribution in [1.29, 1.82) is 0 Å². The van der Waals surface area contributed by atoms with Gasteiger partial charge in [0.25, 0.3) is 0 Å². The van der Waals surface area contributed by atoms with Crippen molar-refractivity contribution in [3.63, 3.8) is 0 Å². The minimum Gasteiger partial charge on any atom is -0.355 e. The number of rotatable bonds is 5. The smallest absolute Gasteiger partial charge is 0.191 e. The maximum Gasteiger partial charge on any atom is 0.191 e. The minimum absolute atomic E-state index is 0. The van der Waals surface area contributed by atoms with E-state index in [0.717, 1.165) is 5.56 Å². The molecule has 0 aliphatic carbocycles. The van der Waals surface area contributed by atoms with Gasteiger partial charge in [0.1, 0.15) is 9.84 Å². The summed E-state index contributed by atoms with van der Waals surface area (Å²) in [4.78, 5) is 4.01. The van der Waals surface area contributed by atoms with Crippen LogP contribution < -0.4 is 10.6 Å². The first-order valence-electron chi connectivity index (χ1n) is 5.77. The highest BCUT2D eigenvalue weighted by Gasteiger charge is 2.03. The van der Waals surface area contributed by atoms with Crippen LogP contribution in [0.1, 0.15) is 5.56 Å². The molecule has 2 N–H and O–H groups in total. The summed E-state index contributed by atoms with van der Waals surface area (Å²) < 4.78 is 22.0. The fourth-order valence-corrected chi connectivity index (χ4v) is 1.96. The van der Waals surface area contributed by atoms with Gasteiger partial charge < -0.3 is 10.6 Å². The third-order valence-electron chi connectivity index (χ3n) is 2.36. The zero-order valence-corrected chi connectivity index (χ0v) is 15.3. The lowest BCUT2D eigenvalue weighted by Crippen LogP contribution is -2.39. The monoisotopic (exact) mass is 431 g/mol. The summed E-state index contributed by atoms with van der Waals surface area (Å²) in [6.07, 6.45) is 1.21. The molecule has 0 aromatic heterocycles. The van der Waals surface area contributed by atoms with Crippen LogP contribution in [0.4, 0.5) is 0 Å². The maximum atomic E-state index is 11.0. The van der Waals surface area contributed by atoms with E-state index in [2.05, 4.69) is 15.6 Å². The average molecular weight is 432 g/mol. The summed E-state index contributed by atoms with van der Waals surface area (Å²) in [5.41, 5.74) is 1.07. The first-order chi connectivity index (χ1) is 8.90. The Kier molecular flexibility index (Phi) is 9.15. The molecule has 5 nitrogen and oxygen atoms in total. The van der Waals surface area contributed by atoms with E-state index >= 15 is 0 Å². The molecule has 0 unspecified atom stereocenters. The normalized spacial score (nSPS) is 11.7. The molecule has 0 aliphatic heterocycles. The Morgan fingerprint density at radius 3 is 2.35 bits per heavy atom. The predicted octanol–water partition coefficient (Wildman–Crippen LogP) is 1.67. The van der Waals surface area contributed by atoms with Crippen LogP contribution >= 0.6 is 35.6 Å². The lowest BCUT2D eigenvalue weighted by molar-refractivity contribution is 0.600. The molecule has 0 amide bonds. The first kappa shape index (κ1) is 19.5. The van der Waals surface area contributed by atoms with E-state index in [0.29, 0.717) is 24.1 Å². The lowest BCUT2D eigenvalue weighted by atomic mass is 10.2. The van der Waals surface area contributed by atoms with Gasteiger partial charge in [-0.15, -0.1) is 24.0 Å². The quantitative estimate of drug-likeness (QED) is 0.423. The minimum atomic E-state index is -2.96. The molecule has 0 aliphatic rings. The van der Waals surface area contributed by atoms with Gasteiger partial charge in [-0.05, 0) is 17.7 Å². The number of hydrogen-bond acceptors (Lipinski definition) is 3. The number of aliphatic imine (C=N–C) groups is 1. The van der Waals surface area contributed by atoms with E-state index in [4.69, 9.17) is 11.6 Å². The zero-order chi connectivity index (χ0) is 14.3. The zero-order valence-electron chi connectivity index (χ0n) is 11.4. The number of nitrogens with one attached hydrogen (secondary N) is 2. The molecule has 1 aromatic rings. The Bertz CT molecular complexity index is 532. The predicted molar refractivity (Wildman–Crippen MR) is 94.8 cm³/mol. The van der Waals surface area contributed by atoms with Crippen molar-refractivity contribution in [3.8, 4) is 0 Å². The summed E-state index contributed by atoms with van der Waals surface area (Å²) >= 11 is 5.80. The third-order valence-corrected chi connectivity index (χ3v) is 3.56. The second-order valence-electron chi connectivity index (χ2n) is 4.11. The maximum absolute atomic E-state index is 11.0. The highest BCUT2D eigenvalue weighted by molar-refractivity contribution is 14.0. The summed E-state index contributed by atoms with van der Waals surface area (Å²) in [7, 11) is -1.32. The van der Waals surface area contributed by atoms with Crippen molar-refractivity contribution < 1.29 is 8.42 Å². The SMILES string of the molecule is CN=C(NCCS(C)(=O)=O)NCc1ccc(Cl)cc1.I. The van der Waals surface area contributed by atoms with Gasteiger partial charge in [0.05, 0.1) is 5.75 Å². The van der Waals surface area contributed by atoms with E-state index in [-0.39, 0.29) is 29.7 Å². The number of guanidine groups is 1. The number of nitrogens with zero attached hydrogens (tertiary/aromatic N) is 1. The molecule has 0 spiro atoms. The second kappa shape index (κ2) is 9.41. The topological polar surface area (TPSA) is 70.6 Å². The lowest BCUT2D eigenvalue weighted by Gasteiger charge is -2.11. The Morgan fingerprint density at radius 1 is 1.25 bits per heavy atom. The molecule has 114 valence electrons. The van der Waals surface area contributed by atoms with Crippen molar-refractivity contribution >= 4 is 51.4 Å². The largest absolute Gasteiger partial charge is 0.355 e. The van der Waals surface area contributed by atoms with Crippen molar-refractivity contribution in [3.05, 3.63) is 34.9 Å². The van der Waals surface area contributed by atoms with E-state index in [9.17, 15) is 8.42 Å². The van der Waals surface area contributed by atoms with E-state index in [1.165, 1.54) is 6.26 Å². The Balaban J connectivity index is 0.00000361. The highest BCUT2D eigenvalue weighted by Crippen LogP contribution is 2.08. The summed E-state index contributed by atoms with van der Waals surface area (Å²) in [5.74, 6) is 0.646. The summed E-state index contributed by atoms with van der Waals surface area (Å²) in [6.45, 7) is 0.925. The van der Waals surface area contributed by atoms with E-state index < -0.39 is 9.84 Å². The third kappa shape index (κ3) is 8.60. The van der Waals surface area contributed by atoms with Gasteiger partial charge >= 0.3 is 0 Å². The number of sulfone groups is 1. The van der Waals surface area contributed by atoms with E-state index in [1.807, 2.05) is 24.3 Å². The van der Waals surface area contributed by atoms with Crippen LogP contribution in [-0.2, 0) is 16.4 Å². The summed E-state index contributed by atoms with van der Waals surface area (Å²) in [6, 6.07) is 7.47. The molecule has 0 saturated heterocycles. The molecule has 0 heterocycles. The van der Waals surface area contributed by atoms with Crippen LogP contribution in [0.25, 0.3) is 0 Å². The van der Waals surface area contributed by atoms with Gasteiger partial charge in [-0.2, -0.15) is 0 Å². The molecule has 0 radical (unpaired) electrons. The van der Waals surface area contributed by atoms with Gasteiger partial charge in [0, 0.05) is 31.4 Å². The van der Waals surface area contributed by atoms with Crippen LogP contribution in [0.5, 0.6) is 0 Å². The molecule has 8 heteroatoms. The van der Waals surface area contributed by atoms with E-state index in [1.54, 1.807) is 7.05 Å². The van der Waals surface area contributed by atoms with Crippen molar-refractivity contribution in [2.75, 3.05) is 25.6 Å². The standard InChI is InChI=1S/C12H18ClN3O2S.HI/c1-14-12(15-7-8-19(2,17)18)16-9-10-3-5-11(13)6-4-10;/h3-6H,7-9H2,1-2H3,(H2,14,15,16);1H. The van der Waals surface area contributed by atoms with Gasteiger partial charge in [-0.1, -0.05) is 23.7 Å². The highest BCUT2D eigenvalue weighted by atomic mass is 127. The van der Waals surface area contributed by atoms with Crippen LogP contribution in [0.2, 0.25) is 5.02 Å². The Labute approximate surface area is 142 Å². The fourth-order valence-electron chi connectivity index (χ4n) is 1.36. The Hall–Kier alpha value is -0.540. The average Bonchev–Trinajstić information content (AvgIpc) is 2.34. The van der Waals surface area contributed by atoms with Gasteiger partial charge in [-0.25, -0.2) is 8.42 Å². The number of benzene rings is 1. The van der Waals surface area contributed by atoms with Crippen LogP contribution in [-0.4, -0.2) is 40.0 Å². The first-order valence-corrected chi connectivity index (χ1v) is 8.21. The van der Waals surface area contributed by atoms with Crippen molar-refractivity contribution in [2.24, 2.45) is 4.99 Å². The number of hydrogen-bond donors (Lipinski definition) is 2. The molecular weight excluding hydrogens is 413 g/mol. The summed E-state index contributed by atoms with van der Waals surface area (Å²) in [5, 5.41) is 6.73. The Morgan fingerprint density at radius 2 is 1.85 bits per heavy atom. The van der Waals surface area contributed by atoms with Crippen LogP contribution in [0.15, 0.2) is 29.3 Å². The molecule has 20 heavy (non-hydrogen) atoms. The molecular formula is C12H19ClIN3O2S. The van der Waals surface area contributed by atoms with Gasteiger partial charge in [0.2, 0.25) is 0 Å². The van der Waals surface area contributed by atoms with Crippen molar-refractivity contribution in [1.82, 2.24) is 10.6 Å².